The van der Waals surface area contributed by atoms with Gasteiger partial charge in [-0.05, 0) is 30.0 Å². The second kappa shape index (κ2) is 6.79. The first-order chi connectivity index (χ1) is 11.1. The third-order valence-corrected chi connectivity index (χ3v) is 3.93. The van der Waals surface area contributed by atoms with Crippen LogP contribution in [0.3, 0.4) is 0 Å². The summed E-state index contributed by atoms with van der Waals surface area (Å²) in [6.45, 7) is 8.06. The predicted octanol–water partition coefficient (Wildman–Crippen LogP) is 3.17. The Kier molecular flexibility index (Phi) is 5.16. The van der Waals surface area contributed by atoms with E-state index in [-0.39, 0.29) is 12.0 Å². The minimum absolute atomic E-state index is 0.0569. The van der Waals surface area contributed by atoms with Gasteiger partial charge in [-0.2, -0.15) is 0 Å². The highest BCUT2D eigenvalue weighted by molar-refractivity contribution is 5.76. The van der Waals surface area contributed by atoms with Gasteiger partial charge in [-0.25, -0.2) is 4.79 Å². The predicted molar refractivity (Wildman–Crippen MR) is 92.8 cm³/mol. The number of carboxylic acids is 1. The molecule has 1 heterocycles. The lowest BCUT2D eigenvalue weighted by atomic mass is 9.86. The third-order valence-electron chi connectivity index (χ3n) is 3.93. The van der Waals surface area contributed by atoms with Gasteiger partial charge in [0.2, 0.25) is 0 Å². The number of hydrogen-bond acceptors (Lipinski definition) is 4. The van der Waals surface area contributed by atoms with Crippen molar-refractivity contribution in [3.8, 4) is 11.3 Å². The molecule has 1 aromatic carbocycles. The lowest BCUT2D eigenvalue weighted by molar-refractivity contribution is -0.156. The average molecular weight is 331 g/mol. The number of carbonyl (C=O) groups is 1. The fourth-order valence-electron chi connectivity index (χ4n) is 2.27. The molecule has 1 aromatic heterocycles. The molecule has 0 spiro atoms. The monoisotopic (exact) mass is 331 g/mol. The van der Waals surface area contributed by atoms with Gasteiger partial charge in [0.25, 0.3) is 0 Å². The first-order valence-electron chi connectivity index (χ1n) is 7.96. The topological polar surface area (TPSA) is 82.7 Å². The van der Waals surface area contributed by atoms with Gasteiger partial charge in [-0.3, -0.25) is 0 Å². The Balaban J connectivity index is 1.99. The average Bonchev–Trinajstić information content (AvgIpc) is 2.95. The third kappa shape index (κ3) is 4.46. The Morgan fingerprint density at radius 1 is 1.08 bits per heavy atom. The summed E-state index contributed by atoms with van der Waals surface area (Å²) < 4.78 is 5.78. The van der Waals surface area contributed by atoms with Gasteiger partial charge in [0, 0.05) is 12.1 Å². The summed E-state index contributed by atoms with van der Waals surface area (Å²) in [7, 11) is 0. The Morgan fingerprint density at radius 3 is 2.25 bits per heavy atom. The van der Waals surface area contributed by atoms with Crippen molar-refractivity contribution in [3.05, 3.63) is 47.7 Å². The smallest absolute Gasteiger partial charge is 0.336 e. The van der Waals surface area contributed by atoms with Crippen LogP contribution in [0.1, 0.15) is 39.0 Å². The number of carboxylic acid groups (broad SMARTS) is 1. The van der Waals surface area contributed by atoms with Gasteiger partial charge in [-0.15, -0.1) is 0 Å². The van der Waals surface area contributed by atoms with E-state index >= 15 is 0 Å². The molecule has 130 valence electrons. The van der Waals surface area contributed by atoms with E-state index in [1.807, 2.05) is 24.3 Å². The summed E-state index contributed by atoms with van der Waals surface area (Å²) in [5.74, 6) is 0.192. The Hall–Kier alpha value is -2.11. The molecule has 0 aliphatic carbocycles. The van der Waals surface area contributed by atoms with Crippen LogP contribution in [0.4, 0.5) is 0 Å². The van der Waals surface area contributed by atoms with Crippen molar-refractivity contribution in [1.82, 2.24) is 5.32 Å². The molecule has 0 amide bonds. The van der Waals surface area contributed by atoms with Crippen molar-refractivity contribution in [2.24, 2.45) is 0 Å². The summed E-state index contributed by atoms with van der Waals surface area (Å²) in [5, 5.41) is 21.4. The molecule has 0 aliphatic heterocycles. The Morgan fingerprint density at radius 2 is 1.71 bits per heavy atom. The quantitative estimate of drug-likeness (QED) is 0.757. The van der Waals surface area contributed by atoms with Crippen molar-refractivity contribution in [3.63, 3.8) is 0 Å². The van der Waals surface area contributed by atoms with Gasteiger partial charge in [0.05, 0.1) is 6.54 Å². The van der Waals surface area contributed by atoms with Crippen LogP contribution in [0.2, 0.25) is 0 Å². The van der Waals surface area contributed by atoms with E-state index in [1.54, 1.807) is 0 Å². The summed E-state index contributed by atoms with van der Waals surface area (Å²) in [5.41, 5.74) is 0.568. The van der Waals surface area contributed by atoms with Crippen LogP contribution in [-0.2, 0) is 16.8 Å². The van der Waals surface area contributed by atoms with E-state index in [9.17, 15) is 9.90 Å². The largest absolute Gasteiger partial charge is 0.479 e. The maximum Gasteiger partial charge on any atom is 0.336 e. The zero-order valence-electron chi connectivity index (χ0n) is 14.6. The molecule has 1 unspecified atom stereocenters. The first kappa shape index (κ1) is 18.2. The molecule has 2 rings (SSSR count). The van der Waals surface area contributed by atoms with Gasteiger partial charge in [0.15, 0.2) is 5.60 Å². The second-order valence-electron chi connectivity index (χ2n) is 7.28. The van der Waals surface area contributed by atoms with E-state index < -0.39 is 11.6 Å². The van der Waals surface area contributed by atoms with E-state index in [4.69, 9.17) is 9.52 Å². The lowest BCUT2D eigenvalue weighted by Gasteiger charge is -2.18. The van der Waals surface area contributed by atoms with E-state index in [1.165, 1.54) is 12.5 Å². The van der Waals surface area contributed by atoms with Gasteiger partial charge in [0.1, 0.15) is 11.5 Å². The van der Waals surface area contributed by atoms with Crippen LogP contribution in [-0.4, -0.2) is 28.3 Å². The van der Waals surface area contributed by atoms with E-state index in [0.29, 0.717) is 12.3 Å². The van der Waals surface area contributed by atoms with E-state index in [2.05, 4.69) is 38.2 Å². The molecule has 0 saturated heterocycles. The molecule has 2 aromatic rings. The van der Waals surface area contributed by atoms with Crippen molar-refractivity contribution in [2.45, 2.75) is 45.3 Å². The molecule has 0 bridgehead atoms. The number of aliphatic carboxylic acids is 1. The minimum Gasteiger partial charge on any atom is -0.479 e. The molecule has 0 fully saturated rings. The zero-order chi connectivity index (χ0) is 18.0. The lowest BCUT2D eigenvalue weighted by Crippen LogP contribution is -2.44. The van der Waals surface area contributed by atoms with Crippen molar-refractivity contribution >= 4 is 5.97 Å². The summed E-state index contributed by atoms with van der Waals surface area (Å²) in [6.07, 6.45) is 0. The molecule has 3 N–H and O–H groups in total. The van der Waals surface area contributed by atoms with Crippen LogP contribution in [0.15, 0.2) is 40.8 Å². The molecule has 5 heteroatoms. The van der Waals surface area contributed by atoms with Crippen molar-refractivity contribution < 1.29 is 19.4 Å². The number of nitrogens with one attached hydrogen (secondary N) is 1. The molecule has 0 radical (unpaired) electrons. The molecular weight excluding hydrogens is 306 g/mol. The number of benzene rings is 1. The molecule has 0 aliphatic rings. The summed E-state index contributed by atoms with van der Waals surface area (Å²) in [4.78, 5) is 10.8. The molecule has 1 atom stereocenters. The second-order valence-corrected chi connectivity index (χ2v) is 7.28. The number of aliphatic hydroxyl groups is 1. The van der Waals surface area contributed by atoms with E-state index in [0.717, 1.165) is 11.3 Å². The number of furan rings is 1. The van der Waals surface area contributed by atoms with Crippen molar-refractivity contribution in [1.29, 1.82) is 0 Å². The normalized spacial score (nSPS) is 14.4. The molecular formula is C19H25NO4. The van der Waals surface area contributed by atoms with Crippen LogP contribution in [0.25, 0.3) is 11.3 Å². The van der Waals surface area contributed by atoms with Gasteiger partial charge in [-0.1, -0.05) is 45.0 Å². The number of rotatable bonds is 6. The van der Waals surface area contributed by atoms with Gasteiger partial charge < -0.3 is 19.9 Å². The highest BCUT2D eigenvalue weighted by atomic mass is 16.4. The maximum atomic E-state index is 10.8. The minimum atomic E-state index is -1.79. The van der Waals surface area contributed by atoms with Crippen LogP contribution in [0, 0.1) is 0 Å². The Labute approximate surface area is 142 Å². The molecule has 5 nitrogen and oxygen atoms in total. The summed E-state index contributed by atoms with van der Waals surface area (Å²) in [6, 6.07) is 12.0. The molecule has 24 heavy (non-hydrogen) atoms. The molecule has 0 saturated carbocycles. The Bertz CT molecular complexity index is 693. The zero-order valence-corrected chi connectivity index (χ0v) is 14.6. The standard InChI is InChI=1S/C19H25NO4/c1-18(2,3)14-7-5-13(6-8-14)16-10-9-15(24-16)11-20-12-19(4,23)17(21)22/h5-10,20,23H,11-12H2,1-4H3,(H,21,22). The highest BCUT2D eigenvalue weighted by Gasteiger charge is 2.29. The SMILES string of the molecule is CC(O)(CNCc1ccc(-c2ccc(C(C)(C)C)cc2)o1)C(=O)O. The van der Waals surface area contributed by atoms with Crippen LogP contribution in [0.5, 0.6) is 0 Å². The fraction of sp³-hybridized carbons (Fsp3) is 0.421. The summed E-state index contributed by atoms with van der Waals surface area (Å²) >= 11 is 0. The highest BCUT2D eigenvalue weighted by Crippen LogP contribution is 2.27. The number of hydrogen-bond donors (Lipinski definition) is 3. The van der Waals surface area contributed by atoms with Crippen LogP contribution < -0.4 is 5.32 Å². The maximum absolute atomic E-state index is 10.8. The van der Waals surface area contributed by atoms with Crippen LogP contribution >= 0.6 is 0 Å². The van der Waals surface area contributed by atoms with Gasteiger partial charge >= 0.3 is 5.97 Å². The first-order valence-corrected chi connectivity index (χ1v) is 7.96. The van der Waals surface area contributed by atoms with Crippen molar-refractivity contribution in [2.75, 3.05) is 6.54 Å². The fourth-order valence-corrected chi connectivity index (χ4v) is 2.27.